The largest absolute Gasteiger partial charge is 0.490 e. The lowest BCUT2D eigenvalue weighted by molar-refractivity contribution is 0.0880. The summed E-state index contributed by atoms with van der Waals surface area (Å²) in [5, 5.41) is 4.53. The smallest absolute Gasteiger partial charge is 0.156 e. The minimum Gasteiger partial charge on any atom is -0.490 e. The standard InChI is InChI=1S/C13H22N2O3/c1-4-13(17-5-2)11(3)18-10-12-7-6-8-15(9-12)14-16/h4,12H,3,5-10H2,1-2H3/b13-4+. The van der Waals surface area contributed by atoms with Gasteiger partial charge in [0.15, 0.2) is 11.5 Å². The molecule has 102 valence electrons. The van der Waals surface area contributed by atoms with Gasteiger partial charge < -0.3 is 9.47 Å². The third-order valence-electron chi connectivity index (χ3n) is 2.94. The molecule has 18 heavy (non-hydrogen) atoms. The van der Waals surface area contributed by atoms with Crippen LogP contribution in [0.2, 0.25) is 0 Å². The second kappa shape index (κ2) is 7.74. The summed E-state index contributed by atoms with van der Waals surface area (Å²) >= 11 is 0. The Morgan fingerprint density at radius 2 is 2.33 bits per heavy atom. The van der Waals surface area contributed by atoms with Crippen LogP contribution in [0.25, 0.3) is 0 Å². The van der Waals surface area contributed by atoms with Crippen LogP contribution in [-0.4, -0.2) is 31.3 Å². The molecule has 0 saturated carbocycles. The minimum absolute atomic E-state index is 0.327. The summed E-state index contributed by atoms with van der Waals surface area (Å²) in [6.45, 7) is 10.2. The van der Waals surface area contributed by atoms with Crippen LogP contribution >= 0.6 is 0 Å². The molecule has 1 aliphatic heterocycles. The highest BCUT2D eigenvalue weighted by molar-refractivity contribution is 5.15. The molecule has 0 radical (unpaired) electrons. The average molecular weight is 254 g/mol. The van der Waals surface area contributed by atoms with Crippen molar-refractivity contribution in [1.29, 1.82) is 0 Å². The van der Waals surface area contributed by atoms with Gasteiger partial charge in [-0.15, -0.1) is 4.91 Å². The molecule has 1 aliphatic rings. The number of nitrogens with zero attached hydrogens (tertiary/aromatic N) is 2. The number of rotatable bonds is 7. The van der Waals surface area contributed by atoms with Crippen molar-refractivity contribution in [2.45, 2.75) is 26.7 Å². The Balaban J connectivity index is 2.35. The van der Waals surface area contributed by atoms with E-state index in [4.69, 9.17) is 9.47 Å². The van der Waals surface area contributed by atoms with Crippen molar-refractivity contribution in [3.8, 4) is 0 Å². The van der Waals surface area contributed by atoms with Crippen molar-refractivity contribution in [2.24, 2.45) is 11.2 Å². The van der Waals surface area contributed by atoms with E-state index in [0.717, 1.165) is 19.4 Å². The molecule has 0 aromatic carbocycles. The lowest BCUT2D eigenvalue weighted by Crippen LogP contribution is -2.33. The molecule has 0 bridgehead atoms. The quantitative estimate of drug-likeness (QED) is 0.398. The molecule has 0 N–H and O–H groups in total. The lowest BCUT2D eigenvalue weighted by Gasteiger charge is -2.28. The molecule has 1 atom stereocenters. The number of hydrogen-bond donors (Lipinski definition) is 0. The van der Waals surface area contributed by atoms with Crippen LogP contribution in [-0.2, 0) is 9.47 Å². The Bertz CT molecular complexity index is 315. The molecular formula is C13H22N2O3. The predicted molar refractivity (Wildman–Crippen MR) is 70.6 cm³/mol. The van der Waals surface area contributed by atoms with E-state index < -0.39 is 0 Å². The Hall–Kier alpha value is -1.52. The van der Waals surface area contributed by atoms with Gasteiger partial charge in [-0.2, -0.15) is 0 Å². The molecular weight excluding hydrogens is 232 g/mol. The van der Waals surface area contributed by atoms with Gasteiger partial charge in [0.1, 0.15) is 0 Å². The molecule has 0 spiro atoms. The van der Waals surface area contributed by atoms with Gasteiger partial charge in [0.2, 0.25) is 0 Å². The van der Waals surface area contributed by atoms with Crippen molar-refractivity contribution >= 4 is 0 Å². The fourth-order valence-electron chi connectivity index (χ4n) is 2.02. The third-order valence-corrected chi connectivity index (χ3v) is 2.94. The summed E-state index contributed by atoms with van der Waals surface area (Å²) in [7, 11) is 0. The zero-order chi connectivity index (χ0) is 13.4. The molecule has 0 aromatic heterocycles. The van der Waals surface area contributed by atoms with Crippen LogP contribution < -0.4 is 0 Å². The molecule has 1 unspecified atom stereocenters. The SMILES string of the molecule is C=C(OCC1CCCN(N=O)C1)/C(=C\C)OCC. The van der Waals surface area contributed by atoms with E-state index in [-0.39, 0.29) is 0 Å². The highest BCUT2D eigenvalue weighted by atomic mass is 16.5. The van der Waals surface area contributed by atoms with Crippen molar-refractivity contribution in [3.05, 3.63) is 29.1 Å². The Labute approximate surface area is 108 Å². The number of nitroso groups, excluding NO2 is 1. The van der Waals surface area contributed by atoms with Gasteiger partial charge in [0.25, 0.3) is 0 Å². The van der Waals surface area contributed by atoms with E-state index in [1.54, 1.807) is 5.01 Å². The molecule has 0 amide bonds. The summed E-state index contributed by atoms with van der Waals surface area (Å²) in [6, 6.07) is 0. The summed E-state index contributed by atoms with van der Waals surface area (Å²) in [5.74, 6) is 1.56. The van der Waals surface area contributed by atoms with E-state index in [0.29, 0.717) is 37.2 Å². The first-order chi connectivity index (χ1) is 8.71. The molecule has 5 nitrogen and oxygen atoms in total. The number of ether oxygens (including phenoxy) is 2. The van der Waals surface area contributed by atoms with Crippen LogP contribution in [0.1, 0.15) is 26.7 Å². The van der Waals surface area contributed by atoms with Gasteiger partial charge in [0, 0.05) is 19.0 Å². The average Bonchev–Trinajstić information content (AvgIpc) is 2.42. The van der Waals surface area contributed by atoms with E-state index in [1.807, 2.05) is 19.9 Å². The van der Waals surface area contributed by atoms with Crippen LogP contribution in [0.15, 0.2) is 29.5 Å². The van der Waals surface area contributed by atoms with Crippen LogP contribution in [0, 0.1) is 10.8 Å². The fourth-order valence-corrected chi connectivity index (χ4v) is 2.02. The van der Waals surface area contributed by atoms with Gasteiger partial charge in [-0.25, -0.2) is 0 Å². The number of hydrogen-bond acceptors (Lipinski definition) is 4. The summed E-state index contributed by atoms with van der Waals surface area (Å²) in [6.07, 6.45) is 3.87. The van der Waals surface area contributed by atoms with Crippen LogP contribution in [0.5, 0.6) is 0 Å². The Kier molecular flexibility index (Phi) is 6.25. The Morgan fingerprint density at radius 3 is 2.94 bits per heavy atom. The second-order valence-corrected chi connectivity index (χ2v) is 4.32. The monoisotopic (exact) mass is 254 g/mol. The first-order valence-corrected chi connectivity index (χ1v) is 6.40. The number of allylic oxidation sites excluding steroid dienone is 1. The van der Waals surface area contributed by atoms with Gasteiger partial charge in [0.05, 0.1) is 18.5 Å². The normalized spacial score (nSPS) is 20.4. The van der Waals surface area contributed by atoms with Crippen LogP contribution in [0.3, 0.4) is 0 Å². The summed E-state index contributed by atoms with van der Waals surface area (Å²) in [4.78, 5) is 10.5. The summed E-state index contributed by atoms with van der Waals surface area (Å²) in [5.41, 5.74) is 0. The predicted octanol–water partition coefficient (Wildman–Crippen LogP) is 2.85. The maximum atomic E-state index is 10.5. The molecule has 1 saturated heterocycles. The van der Waals surface area contributed by atoms with Gasteiger partial charge in [-0.3, -0.25) is 5.01 Å². The molecule has 1 fully saturated rings. The molecule has 1 rings (SSSR count). The van der Waals surface area contributed by atoms with Crippen molar-refractivity contribution in [2.75, 3.05) is 26.3 Å². The molecule has 5 heteroatoms. The first-order valence-electron chi connectivity index (χ1n) is 6.40. The third kappa shape index (κ3) is 4.39. The maximum absolute atomic E-state index is 10.5. The maximum Gasteiger partial charge on any atom is 0.156 e. The summed E-state index contributed by atoms with van der Waals surface area (Å²) < 4.78 is 11.0. The highest BCUT2D eigenvalue weighted by Gasteiger charge is 2.20. The molecule has 0 aromatic rings. The van der Waals surface area contributed by atoms with Crippen molar-refractivity contribution in [1.82, 2.24) is 5.01 Å². The van der Waals surface area contributed by atoms with Crippen LogP contribution in [0.4, 0.5) is 0 Å². The zero-order valence-corrected chi connectivity index (χ0v) is 11.2. The lowest BCUT2D eigenvalue weighted by atomic mass is 10.0. The van der Waals surface area contributed by atoms with Crippen molar-refractivity contribution < 1.29 is 9.47 Å². The van der Waals surface area contributed by atoms with E-state index >= 15 is 0 Å². The molecule has 1 heterocycles. The first kappa shape index (κ1) is 14.5. The van der Waals surface area contributed by atoms with E-state index in [9.17, 15) is 4.91 Å². The second-order valence-electron chi connectivity index (χ2n) is 4.32. The fraction of sp³-hybridized carbons (Fsp3) is 0.692. The zero-order valence-electron chi connectivity index (χ0n) is 11.2. The number of piperidine rings is 1. The van der Waals surface area contributed by atoms with Gasteiger partial charge in [-0.05, 0) is 32.8 Å². The van der Waals surface area contributed by atoms with Gasteiger partial charge >= 0.3 is 0 Å². The topological polar surface area (TPSA) is 51.1 Å². The van der Waals surface area contributed by atoms with Crippen molar-refractivity contribution in [3.63, 3.8) is 0 Å². The van der Waals surface area contributed by atoms with Gasteiger partial charge in [-0.1, -0.05) is 6.58 Å². The van der Waals surface area contributed by atoms with E-state index in [1.165, 1.54) is 0 Å². The molecule has 0 aliphatic carbocycles. The Morgan fingerprint density at radius 1 is 1.56 bits per heavy atom. The minimum atomic E-state index is 0.327. The highest BCUT2D eigenvalue weighted by Crippen LogP contribution is 2.19. The van der Waals surface area contributed by atoms with E-state index in [2.05, 4.69) is 11.9 Å².